The normalized spacial score (nSPS) is 16.5. The summed E-state index contributed by atoms with van der Waals surface area (Å²) in [5.74, 6) is -2.12. The van der Waals surface area contributed by atoms with E-state index >= 15 is 0 Å². The van der Waals surface area contributed by atoms with E-state index in [-0.39, 0.29) is 17.9 Å². The van der Waals surface area contributed by atoms with Gasteiger partial charge in [-0.25, -0.2) is 0 Å². The van der Waals surface area contributed by atoms with E-state index < -0.39 is 17.9 Å². The van der Waals surface area contributed by atoms with E-state index in [1.807, 2.05) is 0 Å². The van der Waals surface area contributed by atoms with Crippen molar-refractivity contribution in [2.75, 3.05) is 0 Å². The SMILES string of the molecule is CC(NC(=O)c1ccc(C(=O)NC2CC2)cc1)C(C)C(=O)O. The monoisotopic (exact) mass is 304 g/mol. The summed E-state index contributed by atoms with van der Waals surface area (Å²) in [5, 5.41) is 14.4. The minimum atomic E-state index is -0.958. The van der Waals surface area contributed by atoms with Crippen LogP contribution in [-0.2, 0) is 4.79 Å². The van der Waals surface area contributed by atoms with Gasteiger partial charge >= 0.3 is 5.97 Å². The molecular formula is C16H20N2O4. The highest BCUT2D eigenvalue weighted by Gasteiger charge is 2.24. The third kappa shape index (κ3) is 4.07. The topological polar surface area (TPSA) is 95.5 Å². The Labute approximate surface area is 128 Å². The predicted octanol–water partition coefficient (Wildman–Crippen LogP) is 1.42. The zero-order chi connectivity index (χ0) is 16.3. The highest BCUT2D eigenvalue weighted by molar-refractivity contribution is 5.98. The molecule has 2 unspecified atom stereocenters. The first kappa shape index (κ1) is 16.0. The third-order valence-corrected chi connectivity index (χ3v) is 3.82. The predicted molar refractivity (Wildman–Crippen MR) is 80.7 cm³/mol. The molecule has 1 aromatic rings. The Morgan fingerprint density at radius 3 is 2.00 bits per heavy atom. The second-order valence-electron chi connectivity index (χ2n) is 5.71. The van der Waals surface area contributed by atoms with E-state index in [2.05, 4.69) is 10.6 Å². The lowest BCUT2D eigenvalue weighted by Gasteiger charge is -2.17. The van der Waals surface area contributed by atoms with Crippen LogP contribution in [0.25, 0.3) is 0 Å². The molecule has 1 fully saturated rings. The molecule has 0 aliphatic heterocycles. The Hall–Kier alpha value is -2.37. The van der Waals surface area contributed by atoms with Gasteiger partial charge in [-0.1, -0.05) is 0 Å². The van der Waals surface area contributed by atoms with Crippen molar-refractivity contribution in [1.29, 1.82) is 0 Å². The van der Waals surface area contributed by atoms with Crippen molar-refractivity contribution >= 4 is 17.8 Å². The summed E-state index contributed by atoms with van der Waals surface area (Å²) in [6, 6.07) is 6.12. The van der Waals surface area contributed by atoms with Crippen LogP contribution in [0, 0.1) is 5.92 Å². The molecule has 0 spiro atoms. The van der Waals surface area contributed by atoms with Crippen LogP contribution in [0.3, 0.4) is 0 Å². The molecular weight excluding hydrogens is 284 g/mol. The van der Waals surface area contributed by atoms with Gasteiger partial charge in [0.2, 0.25) is 0 Å². The minimum absolute atomic E-state index is 0.137. The van der Waals surface area contributed by atoms with Gasteiger partial charge in [0.25, 0.3) is 11.8 Å². The second-order valence-corrected chi connectivity index (χ2v) is 5.71. The molecule has 0 saturated heterocycles. The molecule has 2 amide bonds. The number of benzene rings is 1. The van der Waals surface area contributed by atoms with Gasteiger partial charge in [-0.15, -0.1) is 0 Å². The molecule has 0 radical (unpaired) electrons. The van der Waals surface area contributed by atoms with Gasteiger partial charge in [0, 0.05) is 23.2 Å². The molecule has 22 heavy (non-hydrogen) atoms. The number of carbonyl (C=O) groups is 3. The van der Waals surface area contributed by atoms with Gasteiger partial charge < -0.3 is 15.7 Å². The average Bonchev–Trinajstić information content (AvgIpc) is 3.30. The molecule has 2 atom stereocenters. The number of carboxylic acid groups (broad SMARTS) is 1. The lowest BCUT2D eigenvalue weighted by Crippen LogP contribution is -2.40. The van der Waals surface area contributed by atoms with Crippen molar-refractivity contribution in [3.8, 4) is 0 Å². The number of carboxylic acids is 1. The molecule has 0 bridgehead atoms. The van der Waals surface area contributed by atoms with Crippen LogP contribution in [0.2, 0.25) is 0 Å². The summed E-state index contributed by atoms with van der Waals surface area (Å²) in [6.07, 6.45) is 2.04. The van der Waals surface area contributed by atoms with E-state index in [0.29, 0.717) is 11.1 Å². The standard InChI is InChI=1S/C16H20N2O4/c1-9(16(21)22)10(2)17-14(19)11-3-5-12(6-4-11)15(20)18-13-7-8-13/h3-6,9-10,13H,7-8H2,1-2H3,(H,17,19)(H,18,20)(H,21,22). The Kier molecular flexibility index (Phi) is 4.80. The first-order valence-corrected chi connectivity index (χ1v) is 7.33. The van der Waals surface area contributed by atoms with Crippen molar-refractivity contribution in [3.05, 3.63) is 35.4 Å². The van der Waals surface area contributed by atoms with Crippen LogP contribution in [0.1, 0.15) is 47.4 Å². The van der Waals surface area contributed by atoms with Gasteiger partial charge in [0.15, 0.2) is 0 Å². The maximum Gasteiger partial charge on any atom is 0.308 e. The van der Waals surface area contributed by atoms with Gasteiger partial charge in [-0.05, 0) is 51.0 Å². The van der Waals surface area contributed by atoms with Crippen LogP contribution in [-0.4, -0.2) is 35.0 Å². The summed E-state index contributed by atoms with van der Waals surface area (Å²) in [5.41, 5.74) is 0.905. The number of carbonyl (C=O) groups excluding carboxylic acids is 2. The van der Waals surface area contributed by atoms with Crippen LogP contribution in [0.4, 0.5) is 0 Å². The fraction of sp³-hybridized carbons (Fsp3) is 0.438. The highest BCUT2D eigenvalue weighted by atomic mass is 16.4. The molecule has 1 saturated carbocycles. The van der Waals surface area contributed by atoms with E-state index in [9.17, 15) is 14.4 Å². The van der Waals surface area contributed by atoms with Gasteiger partial charge in [-0.3, -0.25) is 14.4 Å². The zero-order valence-electron chi connectivity index (χ0n) is 12.6. The maximum atomic E-state index is 12.0. The van der Waals surface area contributed by atoms with Crippen LogP contribution in [0.5, 0.6) is 0 Å². The molecule has 1 aromatic carbocycles. The fourth-order valence-electron chi connectivity index (χ4n) is 1.90. The van der Waals surface area contributed by atoms with Crippen molar-refractivity contribution in [2.45, 2.75) is 38.8 Å². The zero-order valence-corrected chi connectivity index (χ0v) is 12.6. The molecule has 118 valence electrons. The number of nitrogens with one attached hydrogen (secondary N) is 2. The van der Waals surface area contributed by atoms with E-state index in [1.54, 1.807) is 38.1 Å². The van der Waals surface area contributed by atoms with E-state index in [1.165, 1.54) is 0 Å². The van der Waals surface area contributed by atoms with Gasteiger partial charge in [-0.2, -0.15) is 0 Å². The van der Waals surface area contributed by atoms with Crippen molar-refractivity contribution in [3.63, 3.8) is 0 Å². The molecule has 0 heterocycles. The first-order valence-electron chi connectivity index (χ1n) is 7.33. The number of aliphatic carboxylic acids is 1. The van der Waals surface area contributed by atoms with E-state index in [0.717, 1.165) is 12.8 Å². The Morgan fingerprint density at radius 2 is 1.55 bits per heavy atom. The largest absolute Gasteiger partial charge is 0.481 e. The Balaban J connectivity index is 1.95. The summed E-state index contributed by atoms with van der Waals surface area (Å²) >= 11 is 0. The number of rotatable bonds is 6. The van der Waals surface area contributed by atoms with Crippen molar-refractivity contribution in [1.82, 2.24) is 10.6 Å². The number of hydrogen-bond donors (Lipinski definition) is 3. The van der Waals surface area contributed by atoms with Gasteiger partial charge in [0.05, 0.1) is 5.92 Å². The smallest absolute Gasteiger partial charge is 0.308 e. The highest BCUT2D eigenvalue weighted by Crippen LogP contribution is 2.19. The molecule has 2 rings (SSSR count). The molecule has 3 N–H and O–H groups in total. The number of amides is 2. The third-order valence-electron chi connectivity index (χ3n) is 3.82. The average molecular weight is 304 g/mol. The fourth-order valence-corrected chi connectivity index (χ4v) is 1.90. The van der Waals surface area contributed by atoms with Crippen LogP contribution >= 0.6 is 0 Å². The van der Waals surface area contributed by atoms with E-state index in [4.69, 9.17) is 5.11 Å². The Morgan fingerprint density at radius 1 is 1.05 bits per heavy atom. The molecule has 1 aliphatic rings. The Bertz CT molecular complexity index is 578. The first-order chi connectivity index (χ1) is 10.4. The molecule has 6 heteroatoms. The summed E-state index contributed by atoms with van der Waals surface area (Å²) in [4.78, 5) is 34.8. The maximum absolute atomic E-state index is 12.0. The van der Waals surface area contributed by atoms with Crippen molar-refractivity contribution in [2.24, 2.45) is 5.92 Å². The van der Waals surface area contributed by atoms with Crippen molar-refractivity contribution < 1.29 is 19.5 Å². The minimum Gasteiger partial charge on any atom is -0.481 e. The quantitative estimate of drug-likeness (QED) is 0.740. The molecule has 6 nitrogen and oxygen atoms in total. The number of hydrogen-bond acceptors (Lipinski definition) is 3. The molecule has 1 aliphatic carbocycles. The second kappa shape index (κ2) is 6.60. The molecule has 0 aromatic heterocycles. The summed E-state index contributed by atoms with van der Waals surface area (Å²) < 4.78 is 0. The lowest BCUT2D eigenvalue weighted by atomic mass is 10.0. The van der Waals surface area contributed by atoms with Gasteiger partial charge in [0.1, 0.15) is 0 Å². The van der Waals surface area contributed by atoms with Crippen LogP contribution in [0.15, 0.2) is 24.3 Å². The summed E-state index contributed by atoms with van der Waals surface area (Å²) in [7, 11) is 0. The van der Waals surface area contributed by atoms with Crippen LogP contribution < -0.4 is 10.6 Å². The lowest BCUT2D eigenvalue weighted by molar-refractivity contribution is -0.141. The summed E-state index contributed by atoms with van der Waals surface area (Å²) in [6.45, 7) is 3.19.